The molecule has 0 radical (unpaired) electrons. The number of allylic oxidation sites excluding steroid dienone is 3. The normalized spacial score (nSPS) is 20.1. The maximum atomic E-state index is 12.1. The molecular weight excluding hydrogens is 360 g/mol. The molecule has 3 atom stereocenters. The molecule has 0 bridgehead atoms. The van der Waals surface area contributed by atoms with Crippen molar-refractivity contribution in [1.29, 1.82) is 0 Å². The van der Waals surface area contributed by atoms with Gasteiger partial charge in [-0.3, -0.25) is 4.79 Å². The Labute approximate surface area is 168 Å². The van der Waals surface area contributed by atoms with E-state index in [2.05, 4.69) is 41.8 Å². The Morgan fingerprint density at radius 2 is 2.07 bits per heavy atom. The molecule has 0 saturated carbocycles. The highest BCUT2D eigenvalue weighted by Crippen LogP contribution is 2.22. The Balaban J connectivity index is 1.60. The maximum Gasteiger partial charge on any atom is 0.260 e. The second kappa shape index (κ2) is 11.2. The molecule has 148 valence electrons. The molecule has 1 aliphatic rings. The topological polar surface area (TPSA) is 50.4 Å². The molecule has 1 aliphatic carbocycles. The molecule has 0 heterocycles. The average Bonchev–Trinajstić information content (AvgIpc) is 2.67. The van der Waals surface area contributed by atoms with E-state index in [1.54, 1.807) is 6.92 Å². The third kappa shape index (κ3) is 7.39. The van der Waals surface area contributed by atoms with Gasteiger partial charge in [0.25, 0.3) is 5.91 Å². The number of ether oxygens (including phenoxy) is 1. The van der Waals surface area contributed by atoms with Crippen molar-refractivity contribution in [2.24, 2.45) is 5.92 Å². The van der Waals surface area contributed by atoms with Gasteiger partial charge in [-0.1, -0.05) is 44.2 Å². The molecule has 1 amide bonds. The lowest BCUT2D eigenvalue weighted by atomic mass is 10.0. The van der Waals surface area contributed by atoms with Crippen molar-refractivity contribution in [2.45, 2.75) is 51.6 Å². The average molecular weight is 391 g/mol. The number of benzene rings is 1. The van der Waals surface area contributed by atoms with Crippen LogP contribution in [0.15, 0.2) is 48.3 Å². The van der Waals surface area contributed by atoms with E-state index >= 15 is 0 Å². The van der Waals surface area contributed by atoms with Gasteiger partial charge in [-0.25, -0.2) is 0 Å². The summed E-state index contributed by atoms with van der Waals surface area (Å²) in [5.41, 5.74) is 2.65. The number of aryl methyl sites for hydroxylation is 1. The summed E-state index contributed by atoms with van der Waals surface area (Å²) in [6.45, 7) is 8.29. The highest BCUT2D eigenvalue weighted by molar-refractivity contribution is 6.22. The summed E-state index contributed by atoms with van der Waals surface area (Å²) < 4.78 is 5.69. The van der Waals surface area contributed by atoms with Gasteiger partial charge in [0.05, 0.1) is 5.38 Å². The van der Waals surface area contributed by atoms with Crippen LogP contribution in [0, 0.1) is 5.92 Å². The van der Waals surface area contributed by atoms with Crippen molar-refractivity contribution in [3.05, 3.63) is 59.4 Å². The number of hydrogen-bond donors (Lipinski definition) is 2. The van der Waals surface area contributed by atoms with Crippen LogP contribution in [0.2, 0.25) is 0 Å². The lowest BCUT2D eigenvalue weighted by molar-refractivity contribution is -0.129. The molecule has 1 aromatic carbocycles. The number of halogens is 1. The van der Waals surface area contributed by atoms with Crippen LogP contribution < -0.4 is 10.6 Å². The first-order valence-corrected chi connectivity index (χ1v) is 10.2. The summed E-state index contributed by atoms with van der Waals surface area (Å²) in [4.78, 5) is 12.1. The van der Waals surface area contributed by atoms with Crippen LogP contribution >= 0.6 is 11.6 Å². The van der Waals surface area contributed by atoms with Crippen molar-refractivity contribution in [3.63, 3.8) is 0 Å². The van der Waals surface area contributed by atoms with Gasteiger partial charge in [0.1, 0.15) is 5.76 Å². The summed E-state index contributed by atoms with van der Waals surface area (Å²) in [5.74, 6) is 0.830. The SMILES string of the molecule is CCc1cccc(CNCCCNC(=O)C(C)OC2=CC(Cl)C(C)C=C2)c1. The van der Waals surface area contributed by atoms with Crippen LogP contribution in [-0.2, 0) is 22.5 Å². The van der Waals surface area contributed by atoms with Gasteiger partial charge in [-0.2, -0.15) is 0 Å². The van der Waals surface area contributed by atoms with Gasteiger partial charge in [-0.15, -0.1) is 11.6 Å². The fourth-order valence-corrected chi connectivity index (χ4v) is 3.02. The summed E-state index contributed by atoms with van der Waals surface area (Å²) in [7, 11) is 0. The third-order valence-electron chi connectivity index (χ3n) is 4.63. The van der Waals surface area contributed by atoms with Gasteiger partial charge in [-0.05, 0) is 55.5 Å². The standard InChI is InChI=1S/C22H31ClN2O2/c1-4-18-7-5-8-19(13-18)15-24-11-6-12-25-22(26)17(3)27-20-10-9-16(2)21(23)14-20/h5,7-10,13-14,16-17,21,24H,4,6,11-12,15H2,1-3H3,(H,25,26). The van der Waals surface area contributed by atoms with Gasteiger partial charge >= 0.3 is 0 Å². The maximum absolute atomic E-state index is 12.1. The molecule has 1 aromatic rings. The van der Waals surface area contributed by atoms with Crippen molar-refractivity contribution in [2.75, 3.05) is 13.1 Å². The Kier molecular flexibility index (Phi) is 8.89. The van der Waals surface area contributed by atoms with Gasteiger partial charge in [0.15, 0.2) is 6.10 Å². The van der Waals surface area contributed by atoms with Crippen LogP contribution in [-0.4, -0.2) is 30.5 Å². The first-order valence-electron chi connectivity index (χ1n) is 9.76. The van der Waals surface area contributed by atoms with E-state index in [9.17, 15) is 4.79 Å². The number of carbonyl (C=O) groups excluding carboxylic acids is 1. The van der Waals surface area contributed by atoms with E-state index in [-0.39, 0.29) is 17.2 Å². The minimum absolute atomic E-state index is 0.0932. The number of rotatable bonds is 10. The lowest BCUT2D eigenvalue weighted by Crippen LogP contribution is -2.36. The minimum atomic E-state index is -0.539. The molecule has 0 saturated heterocycles. The molecule has 3 unspecified atom stereocenters. The number of alkyl halides is 1. The summed E-state index contributed by atoms with van der Waals surface area (Å²) >= 11 is 6.20. The van der Waals surface area contributed by atoms with E-state index in [1.807, 2.05) is 25.2 Å². The van der Waals surface area contributed by atoms with Gasteiger partial charge in [0, 0.05) is 13.1 Å². The molecule has 27 heavy (non-hydrogen) atoms. The number of nitrogens with one attached hydrogen (secondary N) is 2. The van der Waals surface area contributed by atoms with Crippen molar-refractivity contribution in [1.82, 2.24) is 10.6 Å². The quantitative estimate of drug-likeness (QED) is 0.470. The van der Waals surface area contributed by atoms with Crippen LogP contribution in [0.1, 0.15) is 38.3 Å². The van der Waals surface area contributed by atoms with E-state index in [0.29, 0.717) is 12.3 Å². The largest absolute Gasteiger partial charge is 0.481 e. The number of hydrogen-bond acceptors (Lipinski definition) is 3. The predicted molar refractivity (Wildman–Crippen MR) is 112 cm³/mol. The summed E-state index contributed by atoms with van der Waals surface area (Å²) in [6.07, 6.45) is 7.12. The highest BCUT2D eigenvalue weighted by atomic mass is 35.5. The molecule has 0 aromatic heterocycles. The van der Waals surface area contributed by atoms with E-state index in [1.165, 1.54) is 11.1 Å². The summed E-state index contributed by atoms with van der Waals surface area (Å²) in [5, 5.41) is 6.24. The predicted octanol–water partition coefficient (Wildman–Crippen LogP) is 3.95. The van der Waals surface area contributed by atoms with Crippen LogP contribution in [0.4, 0.5) is 0 Å². The second-order valence-corrected chi connectivity index (χ2v) is 7.49. The van der Waals surface area contributed by atoms with E-state index in [4.69, 9.17) is 16.3 Å². The third-order valence-corrected chi connectivity index (χ3v) is 5.15. The molecule has 2 N–H and O–H groups in total. The number of carbonyl (C=O) groups is 1. The molecule has 4 nitrogen and oxygen atoms in total. The van der Waals surface area contributed by atoms with E-state index < -0.39 is 6.10 Å². The monoisotopic (exact) mass is 390 g/mol. The van der Waals surface area contributed by atoms with Crippen LogP contribution in [0.3, 0.4) is 0 Å². The van der Waals surface area contributed by atoms with E-state index in [0.717, 1.165) is 25.9 Å². The zero-order valence-corrected chi connectivity index (χ0v) is 17.3. The Morgan fingerprint density at radius 3 is 2.81 bits per heavy atom. The first kappa shape index (κ1) is 21.5. The zero-order valence-electron chi connectivity index (χ0n) is 16.5. The molecule has 0 aliphatic heterocycles. The van der Waals surface area contributed by atoms with Crippen LogP contribution in [0.25, 0.3) is 0 Å². The Hall–Kier alpha value is -1.78. The fraction of sp³-hybridized carbons (Fsp3) is 0.500. The Bertz CT molecular complexity index is 672. The minimum Gasteiger partial charge on any atom is -0.481 e. The molecule has 0 fully saturated rings. The molecular formula is C22H31ClN2O2. The van der Waals surface area contributed by atoms with Crippen LogP contribution in [0.5, 0.6) is 0 Å². The van der Waals surface area contributed by atoms with Crippen molar-refractivity contribution >= 4 is 17.5 Å². The molecule has 2 rings (SSSR count). The summed E-state index contributed by atoms with van der Waals surface area (Å²) in [6, 6.07) is 8.61. The zero-order chi connectivity index (χ0) is 19.6. The van der Waals surface area contributed by atoms with Gasteiger partial charge in [0.2, 0.25) is 0 Å². The molecule has 0 spiro atoms. The second-order valence-electron chi connectivity index (χ2n) is 6.99. The highest BCUT2D eigenvalue weighted by Gasteiger charge is 2.19. The first-order chi connectivity index (χ1) is 13.0. The number of amides is 1. The van der Waals surface area contributed by atoms with Gasteiger partial charge < -0.3 is 15.4 Å². The smallest absolute Gasteiger partial charge is 0.260 e. The lowest BCUT2D eigenvalue weighted by Gasteiger charge is -2.20. The fourth-order valence-electron chi connectivity index (χ4n) is 2.81. The molecule has 5 heteroatoms. The Morgan fingerprint density at radius 1 is 1.30 bits per heavy atom. The van der Waals surface area contributed by atoms with Crippen molar-refractivity contribution in [3.8, 4) is 0 Å². The van der Waals surface area contributed by atoms with Crippen molar-refractivity contribution < 1.29 is 9.53 Å².